The Balaban J connectivity index is 2.63. The van der Waals surface area contributed by atoms with Gasteiger partial charge in [0.05, 0.1) is 5.92 Å². The Morgan fingerprint density at radius 3 is 2.50 bits per heavy atom. The molecule has 3 atom stereocenters. The highest BCUT2D eigenvalue weighted by Gasteiger charge is 2.43. The van der Waals surface area contributed by atoms with Gasteiger partial charge in [0.1, 0.15) is 0 Å². The fraction of sp³-hybridized carbons (Fsp3) is 1.00. The first-order valence-electron chi connectivity index (χ1n) is 6.96. The average Bonchev–Trinajstić information content (AvgIpc) is 2.29. The molecule has 1 aliphatic heterocycles. The van der Waals surface area contributed by atoms with Gasteiger partial charge in [-0.15, -0.1) is 0 Å². The van der Waals surface area contributed by atoms with E-state index in [1.807, 2.05) is 11.8 Å². The summed E-state index contributed by atoms with van der Waals surface area (Å²) in [7, 11) is 0. The molecule has 5 heteroatoms. The summed E-state index contributed by atoms with van der Waals surface area (Å²) in [5.74, 6) is -1.17. The van der Waals surface area contributed by atoms with E-state index < -0.39 is 12.1 Å². The number of nitrogens with zero attached hydrogens (tertiary/aromatic N) is 1. The number of alkyl halides is 3. The zero-order valence-corrected chi connectivity index (χ0v) is 11.3. The summed E-state index contributed by atoms with van der Waals surface area (Å²) in [6.07, 6.45) is -0.490. The first-order chi connectivity index (χ1) is 8.40. The first-order valence-corrected chi connectivity index (χ1v) is 6.96. The second-order valence-corrected chi connectivity index (χ2v) is 5.30. The van der Waals surface area contributed by atoms with Crippen LogP contribution < -0.4 is 5.73 Å². The molecule has 3 unspecified atom stereocenters. The third-order valence-electron chi connectivity index (χ3n) is 3.92. The van der Waals surface area contributed by atoms with Crippen LogP contribution >= 0.6 is 0 Å². The summed E-state index contributed by atoms with van der Waals surface area (Å²) in [6, 6.07) is 0.0853. The number of hydrogen-bond acceptors (Lipinski definition) is 2. The van der Waals surface area contributed by atoms with Gasteiger partial charge in [-0.2, -0.15) is 13.2 Å². The van der Waals surface area contributed by atoms with Crippen LogP contribution in [0.3, 0.4) is 0 Å². The van der Waals surface area contributed by atoms with Crippen molar-refractivity contribution in [2.45, 2.75) is 64.2 Å². The zero-order valence-electron chi connectivity index (χ0n) is 11.3. The quantitative estimate of drug-likeness (QED) is 0.828. The Hall–Kier alpha value is -0.290. The van der Waals surface area contributed by atoms with Gasteiger partial charge in [0.25, 0.3) is 0 Å². The van der Waals surface area contributed by atoms with Gasteiger partial charge in [-0.3, -0.25) is 4.90 Å². The first kappa shape index (κ1) is 15.8. The molecule has 0 aromatic rings. The maximum Gasteiger partial charge on any atom is 0.393 e. The van der Waals surface area contributed by atoms with E-state index in [0.29, 0.717) is 6.42 Å². The van der Waals surface area contributed by atoms with Crippen LogP contribution in [-0.4, -0.2) is 36.2 Å². The maximum absolute atomic E-state index is 12.8. The van der Waals surface area contributed by atoms with E-state index in [1.165, 1.54) is 0 Å². The molecule has 0 bridgehead atoms. The molecule has 0 aliphatic carbocycles. The van der Waals surface area contributed by atoms with Crippen LogP contribution in [0.1, 0.15) is 46.0 Å². The van der Waals surface area contributed by atoms with E-state index in [0.717, 1.165) is 25.8 Å². The minimum Gasteiger partial charge on any atom is -0.326 e. The maximum atomic E-state index is 12.8. The minimum absolute atomic E-state index is 0.00742. The van der Waals surface area contributed by atoms with E-state index in [4.69, 9.17) is 5.73 Å². The summed E-state index contributed by atoms with van der Waals surface area (Å²) in [4.78, 5) is 1.96. The molecule has 0 radical (unpaired) electrons. The van der Waals surface area contributed by atoms with Crippen molar-refractivity contribution >= 4 is 0 Å². The van der Waals surface area contributed by atoms with E-state index in [2.05, 4.69) is 6.92 Å². The highest BCUT2D eigenvalue weighted by molar-refractivity contribution is 4.86. The molecule has 1 heterocycles. The van der Waals surface area contributed by atoms with E-state index in [1.54, 1.807) is 0 Å². The number of likely N-dealkylation sites (tertiary alicyclic amines) is 1. The molecule has 0 aromatic heterocycles. The minimum atomic E-state index is -4.06. The molecule has 0 amide bonds. The lowest BCUT2D eigenvalue weighted by atomic mass is 9.92. The van der Waals surface area contributed by atoms with Crippen LogP contribution in [0.15, 0.2) is 0 Å². The smallest absolute Gasteiger partial charge is 0.326 e. The van der Waals surface area contributed by atoms with Crippen molar-refractivity contribution in [2.24, 2.45) is 11.7 Å². The fourth-order valence-electron chi connectivity index (χ4n) is 2.93. The summed E-state index contributed by atoms with van der Waals surface area (Å²) in [5, 5.41) is 0. The SMILES string of the molecule is CCCC(N)C(CC)N1CCCC(C(F)(F)F)C1. The predicted molar refractivity (Wildman–Crippen MR) is 67.3 cm³/mol. The van der Waals surface area contributed by atoms with Gasteiger partial charge in [-0.1, -0.05) is 20.3 Å². The summed E-state index contributed by atoms with van der Waals surface area (Å²) in [6.45, 7) is 4.95. The number of nitrogens with two attached hydrogens (primary N) is 1. The lowest BCUT2D eigenvalue weighted by molar-refractivity contribution is -0.189. The molecule has 1 fully saturated rings. The molecule has 2 N–H and O–H groups in total. The number of hydrogen-bond donors (Lipinski definition) is 1. The van der Waals surface area contributed by atoms with Gasteiger partial charge >= 0.3 is 6.18 Å². The molecule has 2 nitrogen and oxygen atoms in total. The Morgan fingerprint density at radius 2 is 2.00 bits per heavy atom. The van der Waals surface area contributed by atoms with Crippen molar-refractivity contribution in [2.75, 3.05) is 13.1 Å². The van der Waals surface area contributed by atoms with Gasteiger partial charge in [-0.05, 0) is 32.2 Å². The molecule has 1 rings (SSSR count). The number of piperidine rings is 1. The number of halogens is 3. The van der Waals surface area contributed by atoms with Gasteiger partial charge in [0.15, 0.2) is 0 Å². The fourth-order valence-corrected chi connectivity index (χ4v) is 2.93. The van der Waals surface area contributed by atoms with E-state index in [-0.39, 0.29) is 25.0 Å². The van der Waals surface area contributed by atoms with Crippen LogP contribution in [0, 0.1) is 5.92 Å². The lowest BCUT2D eigenvalue weighted by Gasteiger charge is -2.41. The van der Waals surface area contributed by atoms with Gasteiger partial charge < -0.3 is 5.73 Å². The molecular formula is C13H25F3N2. The van der Waals surface area contributed by atoms with E-state index >= 15 is 0 Å². The second kappa shape index (κ2) is 6.75. The van der Waals surface area contributed by atoms with Crippen LogP contribution in [0.5, 0.6) is 0 Å². The van der Waals surface area contributed by atoms with Crippen molar-refractivity contribution in [1.82, 2.24) is 4.90 Å². The Labute approximate surface area is 108 Å². The third kappa shape index (κ3) is 4.12. The highest BCUT2D eigenvalue weighted by Crippen LogP contribution is 2.34. The molecule has 0 saturated carbocycles. The Bertz CT molecular complexity index is 243. The van der Waals surface area contributed by atoms with Gasteiger partial charge in [0, 0.05) is 18.6 Å². The van der Waals surface area contributed by atoms with Crippen LogP contribution in [0.25, 0.3) is 0 Å². The number of rotatable bonds is 5. The Morgan fingerprint density at radius 1 is 1.33 bits per heavy atom. The molecule has 108 valence electrons. The molecule has 1 saturated heterocycles. The molecule has 1 aliphatic rings. The topological polar surface area (TPSA) is 29.3 Å². The van der Waals surface area contributed by atoms with Crippen molar-refractivity contribution in [1.29, 1.82) is 0 Å². The predicted octanol–water partition coefficient (Wildman–Crippen LogP) is 3.17. The van der Waals surface area contributed by atoms with Crippen LogP contribution in [0.2, 0.25) is 0 Å². The van der Waals surface area contributed by atoms with Crippen molar-refractivity contribution in [3.63, 3.8) is 0 Å². The molecule has 0 aromatic carbocycles. The van der Waals surface area contributed by atoms with Gasteiger partial charge in [-0.25, -0.2) is 0 Å². The normalized spacial score (nSPS) is 26.0. The van der Waals surface area contributed by atoms with Crippen molar-refractivity contribution in [3.05, 3.63) is 0 Å². The molecule has 0 spiro atoms. The second-order valence-electron chi connectivity index (χ2n) is 5.30. The molecular weight excluding hydrogens is 241 g/mol. The summed E-state index contributed by atoms with van der Waals surface area (Å²) >= 11 is 0. The standard InChI is InChI=1S/C13H25F3N2/c1-3-6-11(17)12(4-2)18-8-5-7-10(9-18)13(14,15)16/h10-12H,3-9,17H2,1-2H3. The molecule has 18 heavy (non-hydrogen) atoms. The van der Waals surface area contributed by atoms with Crippen LogP contribution in [-0.2, 0) is 0 Å². The van der Waals surface area contributed by atoms with Crippen molar-refractivity contribution < 1.29 is 13.2 Å². The van der Waals surface area contributed by atoms with Crippen LogP contribution in [0.4, 0.5) is 13.2 Å². The summed E-state index contributed by atoms with van der Waals surface area (Å²) in [5.41, 5.74) is 6.10. The zero-order chi connectivity index (χ0) is 13.8. The monoisotopic (exact) mass is 266 g/mol. The third-order valence-corrected chi connectivity index (χ3v) is 3.92. The van der Waals surface area contributed by atoms with E-state index in [9.17, 15) is 13.2 Å². The lowest BCUT2D eigenvalue weighted by Crippen LogP contribution is -2.53. The van der Waals surface area contributed by atoms with Crippen molar-refractivity contribution in [3.8, 4) is 0 Å². The average molecular weight is 266 g/mol. The van der Waals surface area contributed by atoms with Gasteiger partial charge in [0.2, 0.25) is 0 Å². The Kier molecular flexibility index (Phi) is 5.92. The largest absolute Gasteiger partial charge is 0.393 e. The summed E-state index contributed by atoms with van der Waals surface area (Å²) < 4.78 is 38.3. The highest BCUT2D eigenvalue weighted by atomic mass is 19.4.